The number of carbonyl (C=O) groups is 1. The molecular weight excluding hydrogens is 232 g/mol. The topological polar surface area (TPSA) is 55.8 Å². The summed E-state index contributed by atoms with van der Waals surface area (Å²) >= 11 is 0. The van der Waals surface area contributed by atoms with Crippen LogP contribution in [0.25, 0.3) is 0 Å². The molecule has 1 heterocycles. The Kier molecular flexibility index (Phi) is 3.99. The summed E-state index contributed by atoms with van der Waals surface area (Å²) in [4.78, 5) is 11.3. The van der Waals surface area contributed by atoms with Crippen LogP contribution in [0.5, 0.6) is 0 Å². The van der Waals surface area contributed by atoms with E-state index in [1.165, 1.54) is 13.2 Å². The maximum Gasteiger partial charge on any atom is 0.334 e. The smallest absolute Gasteiger partial charge is 0.334 e. The van der Waals surface area contributed by atoms with Crippen molar-refractivity contribution in [3.8, 4) is 0 Å². The normalized spacial score (nSPS) is 20.9. The van der Waals surface area contributed by atoms with Gasteiger partial charge in [-0.15, -0.1) is 0 Å². The van der Waals surface area contributed by atoms with Crippen LogP contribution in [-0.4, -0.2) is 24.3 Å². The summed E-state index contributed by atoms with van der Waals surface area (Å²) in [5.74, 6) is 0.180. The minimum absolute atomic E-state index is 0.340. The van der Waals surface area contributed by atoms with Gasteiger partial charge in [0.15, 0.2) is 0 Å². The number of esters is 1. The predicted octanol–water partition coefficient (Wildman–Crippen LogP) is 1.96. The van der Waals surface area contributed by atoms with Crippen LogP contribution in [0.1, 0.15) is 24.5 Å². The zero-order valence-electron chi connectivity index (χ0n) is 10.2. The minimum atomic E-state index is -0.639. The van der Waals surface area contributed by atoms with Gasteiger partial charge >= 0.3 is 5.97 Å². The van der Waals surface area contributed by atoms with E-state index in [0.29, 0.717) is 18.6 Å². The van der Waals surface area contributed by atoms with Crippen molar-refractivity contribution in [3.05, 3.63) is 47.7 Å². The van der Waals surface area contributed by atoms with Gasteiger partial charge in [0.05, 0.1) is 19.3 Å². The molecule has 2 rings (SSSR count). The number of hydrogen-bond donors (Lipinski definition) is 1. The third-order valence-corrected chi connectivity index (χ3v) is 2.92. The molecule has 1 aliphatic heterocycles. The summed E-state index contributed by atoms with van der Waals surface area (Å²) in [5.41, 5.74) is 0.821. The van der Waals surface area contributed by atoms with Crippen molar-refractivity contribution in [2.24, 2.45) is 0 Å². The Morgan fingerprint density at radius 1 is 1.44 bits per heavy atom. The van der Waals surface area contributed by atoms with Gasteiger partial charge in [0.25, 0.3) is 0 Å². The van der Waals surface area contributed by atoms with Crippen molar-refractivity contribution in [1.82, 2.24) is 0 Å². The molecule has 0 bridgehead atoms. The molecule has 0 radical (unpaired) electrons. The van der Waals surface area contributed by atoms with Crippen LogP contribution in [0.4, 0.5) is 0 Å². The van der Waals surface area contributed by atoms with E-state index in [1.54, 1.807) is 0 Å². The van der Waals surface area contributed by atoms with Crippen LogP contribution in [0.2, 0.25) is 0 Å². The van der Waals surface area contributed by atoms with Gasteiger partial charge in [0.2, 0.25) is 0 Å². The van der Waals surface area contributed by atoms with Gasteiger partial charge < -0.3 is 14.6 Å². The second-order valence-electron chi connectivity index (χ2n) is 4.24. The first-order valence-corrected chi connectivity index (χ1v) is 5.87. The highest BCUT2D eigenvalue weighted by Gasteiger charge is 2.25. The van der Waals surface area contributed by atoms with E-state index in [2.05, 4.69) is 0 Å². The van der Waals surface area contributed by atoms with Crippen LogP contribution in [0.3, 0.4) is 0 Å². The van der Waals surface area contributed by atoms with Crippen molar-refractivity contribution >= 4 is 5.97 Å². The van der Waals surface area contributed by atoms with E-state index in [4.69, 9.17) is 9.47 Å². The lowest BCUT2D eigenvalue weighted by molar-refractivity contribution is -0.146. The van der Waals surface area contributed by atoms with Crippen molar-refractivity contribution in [2.75, 3.05) is 7.11 Å². The molecule has 18 heavy (non-hydrogen) atoms. The van der Waals surface area contributed by atoms with Gasteiger partial charge in [0, 0.05) is 12.8 Å². The molecule has 1 N–H and O–H groups in total. The predicted molar refractivity (Wildman–Crippen MR) is 65.6 cm³/mol. The van der Waals surface area contributed by atoms with Gasteiger partial charge in [-0.05, 0) is 5.56 Å². The summed E-state index contributed by atoms with van der Waals surface area (Å²) in [7, 11) is 1.52. The second kappa shape index (κ2) is 5.69. The van der Waals surface area contributed by atoms with Crippen LogP contribution in [0.15, 0.2) is 42.2 Å². The maximum absolute atomic E-state index is 11.3. The Morgan fingerprint density at radius 3 is 2.83 bits per heavy atom. The highest BCUT2D eigenvalue weighted by molar-refractivity contribution is 5.83. The Balaban J connectivity index is 1.98. The number of ether oxygens (including phenoxy) is 2. The van der Waals surface area contributed by atoms with Crippen molar-refractivity contribution in [1.29, 1.82) is 0 Å². The third-order valence-electron chi connectivity index (χ3n) is 2.92. The van der Waals surface area contributed by atoms with E-state index < -0.39 is 12.1 Å². The zero-order valence-corrected chi connectivity index (χ0v) is 10.2. The number of benzene rings is 1. The molecule has 0 saturated heterocycles. The molecule has 0 spiro atoms. The van der Waals surface area contributed by atoms with Gasteiger partial charge in [-0.25, -0.2) is 4.79 Å². The van der Waals surface area contributed by atoms with Crippen LogP contribution >= 0.6 is 0 Å². The van der Waals surface area contributed by atoms with E-state index in [1.807, 2.05) is 30.3 Å². The fourth-order valence-electron chi connectivity index (χ4n) is 1.99. The number of carbonyl (C=O) groups excluding carboxylic acids is 1. The van der Waals surface area contributed by atoms with Gasteiger partial charge in [-0.1, -0.05) is 30.3 Å². The molecular formula is C14H16O4. The van der Waals surface area contributed by atoms with Crippen molar-refractivity contribution in [2.45, 2.75) is 25.0 Å². The largest absolute Gasteiger partial charge is 0.501 e. The van der Waals surface area contributed by atoms with E-state index in [9.17, 15) is 9.90 Å². The first-order chi connectivity index (χ1) is 8.69. The molecule has 96 valence electrons. The van der Waals surface area contributed by atoms with E-state index in [0.717, 1.165) is 5.56 Å². The summed E-state index contributed by atoms with van der Waals surface area (Å²) in [6.45, 7) is 0. The fourth-order valence-corrected chi connectivity index (χ4v) is 1.99. The average Bonchev–Trinajstić information content (AvgIpc) is 2.39. The Hall–Kier alpha value is -1.81. The first-order valence-electron chi connectivity index (χ1n) is 5.87. The van der Waals surface area contributed by atoms with Crippen molar-refractivity contribution < 1.29 is 19.4 Å². The van der Waals surface area contributed by atoms with Crippen molar-refractivity contribution in [3.63, 3.8) is 0 Å². The van der Waals surface area contributed by atoms with Gasteiger partial charge in [-0.2, -0.15) is 0 Å². The monoisotopic (exact) mass is 248 g/mol. The highest BCUT2D eigenvalue weighted by atomic mass is 16.6. The molecule has 1 aromatic rings. The Morgan fingerprint density at radius 2 is 2.17 bits per heavy atom. The number of aliphatic hydroxyl groups is 1. The molecule has 4 nitrogen and oxygen atoms in total. The summed E-state index contributed by atoms with van der Waals surface area (Å²) in [6.07, 6.45) is 1.24. The Labute approximate surface area is 106 Å². The lowest BCUT2D eigenvalue weighted by Crippen LogP contribution is -2.25. The lowest BCUT2D eigenvalue weighted by Gasteiger charge is -2.24. The SMILES string of the molecule is COC1=CC(=O)O[C@H](C[C@@H](O)c2ccccc2)C1. The molecule has 0 aliphatic carbocycles. The molecule has 0 amide bonds. The molecule has 1 aromatic carbocycles. The summed E-state index contributed by atoms with van der Waals surface area (Å²) < 4.78 is 10.2. The fraction of sp³-hybridized carbons (Fsp3) is 0.357. The lowest BCUT2D eigenvalue weighted by atomic mass is 10.0. The second-order valence-corrected chi connectivity index (χ2v) is 4.24. The van der Waals surface area contributed by atoms with Crippen LogP contribution in [-0.2, 0) is 14.3 Å². The summed E-state index contributed by atoms with van der Waals surface area (Å²) in [6, 6.07) is 9.32. The Bertz CT molecular complexity index is 438. The van der Waals surface area contributed by atoms with Gasteiger partial charge in [0.1, 0.15) is 11.9 Å². The highest BCUT2D eigenvalue weighted by Crippen LogP contribution is 2.25. The van der Waals surface area contributed by atoms with Crippen LogP contribution in [0, 0.1) is 0 Å². The molecule has 0 saturated carbocycles. The summed E-state index contributed by atoms with van der Waals surface area (Å²) in [5, 5.41) is 10.1. The molecule has 4 heteroatoms. The average molecular weight is 248 g/mol. The zero-order chi connectivity index (χ0) is 13.0. The number of cyclic esters (lactones) is 1. The maximum atomic E-state index is 11.3. The van der Waals surface area contributed by atoms with Gasteiger partial charge in [-0.3, -0.25) is 0 Å². The molecule has 0 aromatic heterocycles. The molecule has 1 aliphatic rings. The van der Waals surface area contributed by atoms with E-state index >= 15 is 0 Å². The molecule has 0 unspecified atom stereocenters. The number of rotatable bonds is 4. The van der Waals surface area contributed by atoms with E-state index in [-0.39, 0.29) is 6.10 Å². The number of methoxy groups -OCH3 is 1. The molecule has 0 fully saturated rings. The number of aliphatic hydroxyl groups excluding tert-OH is 1. The standard InChI is InChI=1S/C14H16O4/c1-17-11-7-12(18-14(16)9-11)8-13(15)10-5-3-2-4-6-10/h2-6,9,12-13,15H,7-8H2,1H3/t12-,13+/m0/s1. The molecule has 2 atom stereocenters. The quantitative estimate of drug-likeness (QED) is 0.827. The third kappa shape index (κ3) is 3.11. The van der Waals surface area contributed by atoms with Crippen LogP contribution < -0.4 is 0 Å². The number of hydrogen-bond acceptors (Lipinski definition) is 4. The minimum Gasteiger partial charge on any atom is -0.501 e. The first kappa shape index (κ1) is 12.6.